The molecule has 0 atom stereocenters. The van der Waals surface area contributed by atoms with E-state index in [0.717, 1.165) is 11.1 Å². The number of aliphatic imine (C=N–C) groups is 1. The lowest BCUT2D eigenvalue weighted by Crippen LogP contribution is -2.19. The first kappa shape index (κ1) is 23.7. The van der Waals surface area contributed by atoms with Crippen LogP contribution in [0, 0.1) is 0 Å². The number of thioether (sulfide) groups is 1. The number of hydrogen-bond donors (Lipinski definition) is 1. The standard InChI is InChI=1S/C26H23ClN2O4S/c1-3-32-21-11-7-6-10-20(21)28-26-29-25(30)24(34-26)15-17-12-13-22(23(14-17)31-2)33-16-18-8-4-5-9-19(18)27/h4-15H,3,16H2,1-2H3,(H,28,29,30)/b24-15-. The van der Waals surface area contributed by atoms with Crippen LogP contribution in [0.5, 0.6) is 17.2 Å². The zero-order valence-corrected chi connectivity index (χ0v) is 20.3. The van der Waals surface area contributed by atoms with Gasteiger partial charge in [-0.05, 0) is 60.7 Å². The van der Waals surface area contributed by atoms with E-state index in [9.17, 15) is 4.79 Å². The van der Waals surface area contributed by atoms with Gasteiger partial charge in [0, 0.05) is 10.6 Å². The summed E-state index contributed by atoms with van der Waals surface area (Å²) in [5.74, 6) is 1.60. The van der Waals surface area contributed by atoms with E-state index in [1.807, 2.05) is 73.7 Å². The summed E-state index contributed by atoms with van der Waals surface area (Å²) < 4.78 is 17.0. The van der Waals surface area contributed by atoms with E-state index in [1.54, 1.807) is 13.2 Å². The molecule has 1 N–H and O–H groups in total. The molecule has 1 heterocycles. The molecule has 0 saturated carbocycles. The molecular weight excluding hydrogens is 472 g/mol. The van der Waals surface area contributed by atoms with Crippen LogP contribution in [0.25, 0.3) is 6.08 Å². The number of amidine groups is 1. The number of rotatable bonds is 8. The topological polar surface area (TPSA) is 69.2 Å². The Bertz CT molecular complexity index is 1260. The van der Waals surface area contributed by atoms with Crippen molar-refractivity contribution in [2.24, 2.45) is 4.99 Å². The van der Waals surface area contributed by atoms with Gasteiger partial charge in [0.2, 0.25) is 0 Å². The van der Waals surface area contributed by atoms with Gasteiger partial charge in [0.25, 0.3) is 5.91 Å². The van der Waals surface area contributed by atoms with Crippen LogP contribution in [0.1, 0.15) is 18.1 Å². The summed E-state index contributed by atoms with van der Waals surface area (Å²) in [5.41, 5.74) is 2.35. The Balaban J connectivity index is 1.50. The normalized spacial score (nSPS) is 15.4. The lowest BCUT2D eigenvalue weighted by atomic mass is 10.2. The first-order valence-corrected chi connectivity index (χ1v) is 11.8. The Morgan fingerprint density at radius 3 is 2.59 bits per heavy atom. The molecule has 174 valence electrons. The number of nitrogens with one attached hydrogen (secondary N) is 1. The second-order valence-corrected chi connectivity index (χ2v) is 8.61. The molecule has 1 aliphatic rings. The SMILES string of the molecule is CCOc1ccccc1N=C1NC(=O)/C(=C/c2ccc(OCc3ccccc3Cl)c(OC)c2)S1. The molecule has 0 unspecified atom stereocenters. The molecule has 3 aromatic carbocycles. The van der Waals surface area contributed by atoms with Gasteiger partial charge < -0.3 is 19.5 Å². The molecule has 0 spiro atoms. The van der Waals surface area contributed by atoms with Crippen molar-refractivity contribution >= 4 is 46.2 Å². The van der Waals surface area contributed by atoms with E-state index >= 15 is 0 Å². The number of amides is 1. The summed E-state index contributed by atoms with van der Waals surface area (Å²) in [4.78, 5) is 17.6. The molecule has 0 bridgehead atoms. The highest BCUT2D eigenvalue weighted by molar-refractivity contribution is 8.18. The number of nitrogens with zero attached hydrogens (tertiary/aromatic N) is 1. The van der Waals surface area contributed by atoms with Gasteiger partial charge in [-0.1, -0.05) is 48.0 Å². The van der Waals surface area contributed by atoms with Crippen LogP contribution in [-0.4, -0.2) is 24.8 Å². The van der Waals surface area contributed by atoms with E-state index in [-0.39, 0.29) is 5.91 Å². The van der Waals surface area contributed by atoms with Crippen molar-refractivity contribution in [2.45, 2.75) is 13.5 Å². The maximum absolute atomic E-state index is 12.5. The molecule has 1 fully saturated rings. The highest BCUT2D eigenvalue weighted by Crippen LogP contribution is 2.34. The smallest absolute Gasteiger partial charge is 0.264 e. The van der Waals surface area contributed by atoms with E-state index in [2.05, 4.69) is 10.3 Å². The molecule has 34 heavy (non-hydrogen) atoms. The molecule has 0 radical (unpaired) electrons. The van der Waals surface area contributed by atoms with Gasteiger partial charge in [-0.2, -0.15) is 0 Å². The predicted octanol–water partition coefficient (Wildman–Crippen LogP) is 6.22. The summed E-state index contributed by atoms with van der Waals surface area (Å²) in [7, 11) is 1.58. The van der Waals surface area contributed by atoms with Gasteiger partial charge in [-0.25, -0.2) is 4.99 Å². The minimum absolute atomic E-state index is 0.212. The van der Waals surface area contributed by atoms with Gasteiger partial charge in [0.15, 0.2) is 16.7 Å². The third-order valence-corrected chi connectivity index (χ3v) is 6.14. The van der Waals surface area contributed by atoms with Gasteiger partial charge >= 0.3 is 0 Å². The quantitative estimate of drug-likeness (QED) is 0.376. The van der Waals surface area contributed by atoms with Gasteiger partial charge in [0.1, 0.15) is 18.0 Å². The Labute approximate surface area is 207 Å². The maximum Gasteiger partial charge on any atom is 0.264 e. The summed E-state index contributed by atoms with van der Waals surface area (Å²) in [6, 6.07) is 20.5. The van der Waals surface area contributed by atoms with Crippen LogP contribution in [0.15, 0.2) is 76.6 Å². The summed E-state index contributed by atoms with van der Waals surface area (Å²) in [6.07, 6.45) is 1.79. The minimum atomic E-state index is -0.212. The fourth-order valence-corrected chi connectivity index (χ4v) is 4.26. The zero-order chi connectivity index (χ0) is 23.9. The van der Waals surface area contributed by atoms with Crippen LogP contribution < -0.4 is 19.5 Å². The Morgan fingerprint density at radius 1 is 1.00 bits per heavy atom. The van der Waals surface area contributed by atoms with Gasteiger partial charge in [0.05, 0.1) is 18.6 Å². The maximum atomic E-state index is 12.5. The molecular formula is C26H23ClN2O4S. The monoisotopic (exact) mass is 494 g/mol. The average Bonchev–Trinajstić information content (AvgIpc) is 3.18. The molecule has 6 nitrogen and oxygen atoms in total. The van der Waals surface area contributed by atoms with Gasteiger partial charge in [-0.3, -0.25) is 4.79 Å². The van der Waals surface area contributed by atoms with Crippen molar-refractivity contribution < 1.29 is 19.0 Å². The van der Waals surface area contributed by atoms with Crippen LogP contribution in [-0.2, 0) is 11.4 Å². The Kier molecular flexibility index (Phi) is 7.77. The molecule has 1 amide bonds. The average molecular weight is 495 g/mol. The largest absolute Gasteiger partial charge is 0.493 e. The minimum Gasteiger partial charge on any atom is -0.493 e. The Hall–Kier alpha value is -3.42. The van der Waals surface area contributed by atoms with Crippen molar-refractivity contribution in [1.29, 1.82) is 0 Å². The zero-order valence-electron chi connectivity index (χ0n) is 18.7. The molecule has 8 heteroatoms. The van der Waals surface area contributed by atoms with Crippen molar-refractivity contribution in [3.05, 3.63) is 87.8 Å². The summed E-state index contributed by atoms with van der Waals surface area (Å²) >= 11 is 7.48. The number of benzene rings is 3. The highest BCUT2D eigenvalue weighted by atomic mass is 35.5. The van der Waals surface area contributed by atoms with Crippen molar-refractivity contribution in [3.8, 4) is 17.2 Å². The number of ether oxygens (including phenoxy) is 3. The number of carbonyl (C=O) groups is 1. The van der Waals surface area contributed by atoms with Crippen molar-refractivity contribution in [3.63, 3.8) is 0 Å². The van der Waals surface area contributed by atoms with E-state index in [1.165, 1.54) is 11.8 Å². The first-order valence-electron chi connectivity index (χ1n) is 10.6. The number of halogens is 1. The fourth-order valence-electron chi connectivity index (χ4n) is 3.23. The molecule has 1 aliphatic heterocycles. The number of carbonyl (C=O) groups excluding carboxylic acids is 1. The van der Waals surface area contributed by atoms with Crippen LogP contribution in [0.4, 0.5) is 5.69 Å². The molecule has 3 aromatic rings. The first-order chi connectivity index (χ1) is 16.6. The van der Waals surface area contributed by atoms with E-state index < -0.39 is 0 Å². The lowest BCUT2D eigenvalue weighted by Gasteiger charge is -2.12. The molecule has 0 aliphatic carbocycles. The Morgan fingerprint density at radius 2 is 1.79 bits per heavy atom. The highest BCUT2D eigenvalue weighted by Gasteiger charge is 2.24. The molecule has 0 aromatic heterocycles. The van der Waals surface area contributed by atoms with Crippen LogP contribution in [0.3, 0.4) is 0 Å². The third kappa shape index (κ3) is 5.73. The number of hydrogen-bond acceptors (Lipinski definition) is 6. The molecule has 4 rings (SSSR count). The lowest BCUT2D eigenvalue weighted by molar-refractivity contribution is -0.115. The number of methoxy groups -OCH3 is 1. The van der Waals surface area contributed by atoms with Crippen LogP contribution in [0.2, 0.25) is 5.02 Å². The third-order valence-electron chi connectivity index (χ3n) is 4.86. The second kappa shape index (κ2) is 11.1. The van der Waals surface area contributed by atoms with Crippen molar-refractivity contribution in [1.82, 2.24) is 5.32 Å². The fraction of sp³-hybridized carbons (Fsp3) is 0.154. The molecule has 1 saturated heterocycles. The van der Waals surface area contributed by atoms with Crippen LogP contribution >= 0.6 is 23.4 Å². The predicted molar refractivity (Wildman–Crippen MR) is 137 cm³/mol. The number of para-hydroxylation sites is 2. The summed E-state index contributed by atoms with van der Waals surface area (Å²) in [6.45, 7) is 2.77. The summed E-state index contributed by atoms with van der Waals surface area (Å²) in [5, 5.41) is 3.95. The van der Waals surface area contributed by atoms with E-state index in [4.69, 9.17) is 25.8 Å². The van der Waals surface area contributed by atoms with E-state index in [0.29, 0.717) is 51.2 Å². The van der Waals surface area contributed by atoms with Crippen molar-refractivity contribution in [2.75, 3.05) is 13.7 Å². The second-order valence-electron chi connectivity index (χ2n) is 7.17. The van der Waals surface area contributed by atoms with Gasteiger partial charge in [-0.15, -0.1) is 0 Å².